The van der Waals surface area contributed by atoms with Gasteiger partial charge in [0.25, 0.3) is 0 Å². The Morgan fingerprint density at radius 2 is 2.18 bits per heavy atom. The van der Waals surface area contributed by atoms with Crippen LogP contribution in [0.25, 0.3) is 0 Å². The summed E-state index contributed by atoms with van der Waals surface area (Å²) >= 11 is 3.39. The van der Waals surface area contributed by atoms with Gasteiger partial charge in [0, 0.05) is 11.0 Å². The maximum atomic E-state index is 10.8. The minimum absolute atomic E-state index is 0.308. The highest BCUT2D eigenvalue weighted by atomic mass is 79.9. The molecule has 1 aromatic carbocycles. The van der Waals surface area contributed by atoms with Gasteiger partial charge in [-0.15, -0.1) is 0 Å². The van der Waals surface area contributed by atoms with Crippen LogP contribution in [0.4, 0.5) is 0 Å². The molecule has 0 aliphatic rings. The number of carboxylic acids is 1. The van der Waals surface area contributed by atoms with E-state index in [1.807, 2.05) is 6.07 Å². The van der Waals surface area contributed by atoms with Gasteiger partial charge in [0.2, 0.25) is 0 Å². The number of hydrogen-bond donors (Lipinski definition) is 2. The normalized spacial score (nSPS) is 10.8. The molecule has 0 aliphatic carbocycles. The zero-order chi connectivity index (χ0) is 12.8. The number of carbonyl (C=O) groups is 1. The van der Waals surface area contributed by atoms with Crippen molar-refractivity contribution in [3.05, 3.63) is 33.8 Å². The average Bonchev–Trinajstić information content (AvgIpc) is 2.25. The summed E-state index contributed by atoms with van der Waals surface area (Å²) in [4.78, 5) is 10.8. The largest absolute Gasteiger partial charge is 0.478 e. The van der Waals surface area contributed by atoms with E-state index in [-0.39, 0.29) is 0 Å². The van der Waals surface area contributed by atoms with Crippen LogP contribution in [0, 0.1) is 5.92 Å². The van der Waals surface area contributed by atoms with Crippen LogP contribution in [-0.2, 0) is 6.54 Å². The Morgan fingerprint density at radius 1 is 1.47 bits per heavy atom. The van der Waals surface area contributed by atoms with Gasteiger partial charge in [0.1, 0.15) is 0 Å². The molecule has 0 radical (unpaired) electrons. The van der Waals surface area contributed by atoms with Crippen molar-refractivity contribution in [2.45, 2.75) is 26.8 Å². The lowest BCUT2D eigenvalue weighted by Gasteiger charge is -2.09. The zero-order valence-corrected chi connectivity index (χ0v) is 11.8. The van der Waals surface area contributed by atoms with Crippen LogP contribution >= 0.6 is 15.9 Å². The standard InChI is InChI=1S/C13H18BrNO2/c1-9(2)5-6-15-8-11-4-3-10(13(16)17)7-12(11)14/h3-4,7,9,15H,5-6,8H2,1-2H3,(H,16,17). The summed E-state index contributed by atoms with van der Waals surface area (Å²) in [6, 6.07) is 5.12. The second-order valence-corrected chi connectivity index (χ2v) is 5.32. The van der Waals surface area contributed by atoms with Crippen molar-refractivity contribution in [1.82, 2.24) is 5.32 Å². The van der Waals surface area contributed by atoms with Gasteiger partial charge in [0.05, 0.1) is 5.56 Å². The van der Waals surface area contributed by atoms with Crippen LogP contribution < -0.4 is 5.32 Å². The third-order valence-electron chi connectivity index (χ3n) is 2.51. The Morgan fingerprint density at radius 3 is 2.71 bits per heavy atom. The van der Waals surface area contributed by atoms with Crippen LogP contribution in [0.5, 0.6) is 0 Å². The summed E-state index contributed by atoms with van der Waals surface area (Å²) in [5.41, 5.74) is 1.39. The molecule has 0 amide bonds. The number of aromatic carboxylic acids is 1. The molecule has 1 aromatic rings. The maximum absolute atomic E-state index is 10.8. The van der Waals surface area contributed by atoms with Crippen LogP contribution in [-0.4, -0.2) is 17.6 Å². The monoisotopic (exact) mass is 299 g/mol. The minimum Gasteiger partial charge on any atom is -0.478 e. The summed E-state index contributed by atoms with van der Waals surface area (Å²) in [5, 5.41) is 12.2. The van der Waals surface area contributed by atoms with Crippen molar-refractivity contribution in [2.24, 2.45) is 5.92 Å². The van der Waals surface area contributed by atoms with Gasteiger partial charge in [-0.05, 0) is 36.6 Å². The van der Waals surface area contributed by atoms with E-state index < -0.39 is 5.97 Å². The molecule has 0 unspecified atom stereocenters. The predicted molar refractivity (Wildman–Crippen MR) is 72.3 cm³/mol. The molecule has 0 fully saturated rings. The fraction of sp³-hybridized carbons (Fsp3) is 0.462. The van der Waals surface area contributed by atoms with Crippen molar-refractivity contribution in [3.8, 4) is 0 Å². The fourth-order valence-electron chi connectivity index (χ4n) is 1.44. The highest BCUT2D eigenvalue weighted by Gasteiger charge is 2.06. The van der Waals surface area contributed by atoms with Gasteiger partial charge in [0.15, 0.2) is 0 Å². The second-order valence-electron chi connectivity index (χ2n) is 4.47. The average molecular weight is 300 g/mol. The Balaban J connectivity index is 2.52. The second kappa shape index (κ2) is 6.77. The smallest absolute Gasteiger partial charge is 0.335 e. The molecule has 1 rings (SSSR count). The highest BCUT2D eigenvalue weighted by Crippen LogP contribution is 2.18. The molecule has 0 atom stereocenters. The van der Waals surface area contributed by atoms with Crippen molar-refractivity contribution in [3.63, 3.8) is 0 Å². The minimum atomic E-state index is -0.898. The molecular weight excluding hydrogens is 282 g/mol. The lowest BCUT2D eigenvalue weighted by molar-refractivity contribution is 0.0697. The predicted octanol–water partition coefficient (Wildman–Crippen LogP) is 3.28. The third-order valence-corrected chi connectivity index (χ3v) is 3.25. The van der Waals surface area contributed by atoms with Gasteiger partial charge in [-0.25, -0.2) is 4.79 Å². The third kappa shape index (κ3) is 4.88. The number of hydrogen-bond acceptors (Lipinski definition) is 2. The molecule has 2 N–H and O–H groups in total. The molecule has 0 aliphatic heterocycles. The molecule has 17 heavy (non-hydrogen) atoms. The number of nitrogens with one attached hydrogen (secondary N) is 1. The molecule has 4 heteroatoms. The van der Waals surface area contributed by atoms with Crippen LogP contribution in [0.15, 0.2) is 22.7 Å². The van der Waals surface area contributed by atoms with E-state index in [2.05, 4.69) is 35.1 Å². The number of rotatable bonds is 6. The molecular formula is C13H18BrNO2. The molecule has 0 saturated heterocycles. The van der Waals surface area contributed by atoms with E-state index in [9.17, 15) is 4.79 Å². The first kappa shape index (κ1) is 14.2. The van der Waals surface area contributed by atoms with Crippen LogP contribution in [0.1, 0.15) is 36.2 Å². The van der Waals surface area contributed by atoms with E-state index >= 15 is 0 Å². The van der Waals surface area contributed by atoms with E-state index in [0.717, 1.165) is 29.5 Å². The van der Waals surface area contributed by atoms with E-state index in [0.29, 0.717) is 11.5 Å². The van der Waals surface area contributed by atoms with Crippen molar-refractivity contribution in [2.75, 3.05) is 6.54 Å². The van der Waals surface area contributed by atoms with E-state index in [1.165, 1.54) is 0 Å². The fourth-order valence-corrected chi connectivity index (χ4v) is 1.96. The first-order chi connectivity index (χ1) is 8.00. The quantitative estimate of drug-likeness (QED) is 0.793. The van der Waals surface area contributed by atoms with Gasteiger partial charge in [-0.2, -0.15) is 0 Å². The van der Waals surface area contributed by atoms with Gasteiger partial charge >= 0.3 is 5.97 Å². The molecule has 0 aromatic heterocycles. The maximum Gasteiger partial charge on any atom is 0.335 e. The number of carboxylic acid groups (broad SMARTS) is 1. The topological polar surface area (TPSA) is 49.3 Å². The van der Waals surface area contributed by atoms with Crippen molar-refractivity contribution in [1.29, 1.82) is 0 Å². The summed E-state index contributed by atoms with van der Waals surface area (Å²) in [6.45, 7) is 6.12. The molecule has 0 bridgehead atoms. The summed E-state index contributed by atoms with van der Waals surface area (Å²) < 4.78 is 0.842. The van der Waals surface area contributed by atoms with Crippen LogP contribution in [0.2, 0.25) is 0 Å². The van der Waals surface area contributed by atoms with Gasteiger partial charge < -0.3 is 10.4 Å². The SMILES string of the molecule is CC(C)CCNCc1ccc(C(=O)O)cc1Br. The van der Waals surface area contributed by atoms with Gasteiger partial charge in [-0.1, -0.05) is 35.8 Å². The summed E-state index contributed by atoms with van der Waals surface area (Å²) in [7, 11) is 0. The molecule has 94 valence electrons. The van der Waals surface area contributed by atoms with E-state index in [1.54, 1.807) is 12.1 Å². The molecule has 0 heterocycles. The van der Waals surface area contributed by atoms with Crippen LogP contribution in [0.3, 0.4) is 0 Å². The first-order valence-corrected chi connectivity index (χ1v) is 6.52. The lowest BCUT2D eigenvalue weighted by atomic mass is 10.1. The number of benzene rings is 1. The molecule has 3 nitrogen and oxygen atoms in total. The Kier molecular flexibility index (Phi) is 5.65. The highest BCUT2D eigenvalue weighted by molar-refractivity contribution is 9.10. The Bertz CT molecular complexity index is 391. The lowest BCUT2D eigenvalue weighted by Crippen LogP contribution is -2.16. The molecule has 0 saturated carbocycles. The molecule has 0 spiro atoms. The number of halogens is 1. The summed E-state index contributed by atoms with van der Waals surface area (Å²) in [5.74, 6) is -0.203. The Labute approximate surface area is 110 Å². The van der Waals surface area contributed by atoms with Crippen molar-refractivity contribution < 1.29 is 9.90 Å². The first-order valence-electron chi connectivity index (χ1n) is 5.73. The zero-order valence-electron chi connectivity index (χ0n) is 10.2. The Hall–Kier alpha value is -0.870. The summed E-state index contributed by atoms with van der Waals surface area (Å²) in [6.07, 6.45) is 1.14. The van der Waals surface area contributed by atoms with Crippen molar-refractivity contribution >= 4 is 21.9 Å². The van der Waals surface area contributed by atoms with E-state index in [4.69, 9.17) is 5.11 Å². The van der Waals surface area contributed by atoms with Gasteiger partial charge in [-0.3, -0.25) is 0 Å².